The predicted molar refractivity (Wildman–Crippen MR) is 91.6 cm³/mol. The van der Waals surface area contributed by atoms with Crippen LogP contribution in [0, 0.1) is 0 Å². The standard InChI is InChI=1S/C15H14Br2N2O2/c1-21-15(20)19-12-4-2-3-11(8-12)18-9-10-5-6-13(16)14(17)7-10/h2-8,18H,9H2,1H3,(H,19,20). The van der Waals surface area contributed by atoms with Gasteiger partial charge in [-0.15, -0.1) is 0 Å². The second-order valence-electron chi connectivity index (χ2n) is 4.30. The molecule has 2 aromatic rings. The lowest BCUT2D eigenvalue weighted by Gasteiger charge is -2.10. The number of benzene rings is 2. The van der Waals surface area contributed by atoms with E-state index < -0.39 is 6.09 Å². The first kappa shape index (κ1) is 15.9. The Hall–Kier alpha value is -1.53. The first-order valence-corrected chi connectivity index (χ1v) is 7.80. The van der Waals surface area contributed by atoms with Crippen LogP contribution in [-0.4, -0.2) is 13.2 Å². The maximum atomic E-state index is 11.2. The average molecular weight is 414 g/mol. The van der Waals surface area contributed by atoms with Gasteiger partial charge in [0.2, 0.25) is 0 Å². The van der Waals surface area contributed by atoms with E-state index in [-0.39, 0.29) is 0 Å². The minimum absolute atomic E-state index is 0.482. The van der Waals surface area contributed by atoms with E-state index >= 15 is 0 Å². The number of carbonyl (C=O) groups is 1. The summed E-state index contributed by atoms with van der Waals surface area (Å²) in [5.41, 5.74) is 2.75. The number of amides is 1. The molecule has 2 aromatic carbocycles. The zero-order chi connectivity index (χ0) is 15.2. The molecule has 0 aliphatic heterocycles. The number of hydrogen-bond donors (Lipinski definition) is 2. The van der Waals surface area contributed by atoms with Gasteiger partial charge >= 0.3 is 6.09 Å². The van der Waals surface area contributed by atoms with Gasteiger partial charge in [-0.25, -0.2) is 4.79 Å². The lowest BCUT2D eigenvalue weighted by molar-refractivity contribution is 0.187. The van der Waals surface area contributed by atoms with Crippen LogP contribution in [0.5, 0.6) is 0 Å². The number of carbonyl (C=O) groups excluding carboxylic acids is 1. The molecular weight excluding hydrogens is 400 g/mol. The first-order valence-electron chi connectivity index (χ1n) is 6.21. The van der Waals surface area contributed by atoms with Crippen LogP contribution in [0.4, 0.5) is 16.2 Å². The van der Waals surface area contributed by atoms with E-state index in [4.69, 9.17) is 0 Å². The maximum absolute atomic E-state index is 11.2. The minimum Gasteiger partial charge on any atom is -0.453 e. The first-order chi connectivity index (χ1) is 10.1. The van der Waals surface area contributed by atoms with Crippen molar-refractivity contribution in [3.63, 3.8) is 0 Å². The summed E-state index contributed by atoms with van der Waals surface area (Å²) < 4.78 is 6.61. The van der Waals surface area contributed by atoms with E-state index in [1.54, 1.807) is 6.07 Å². The van der Waals surface area contributed by atoms with Crippen LogP contribution in [0.1, 0.15) is 5.56 Å². The number of rotatable bonds is 4. The van der Waals surface area contributed by atoms with Crippen molar-refractivity contribution in [1.29, 1.82) is 0 Å². The Morgan fingerprint density at radius 1 is 1.10 bits per heavy atom. The summed E-state index contributed by atoms with van der Waals surface area (Å²) >= 11 is 6.93. The van der Waals surface area contributed by atoms with Gasteiger partial charge in [0, 0.05) is 26.9 Å². The second-order valence-corrected chi connectivity index (χ2v) is 6.01. The molecule has 0 bridgehead atoms. The Labute approximate surface area is 140 Å². The third-order valence-electron chi connectivity index (χ3n) is 2.78. The fraction of sp³-hybridized carbons (Fsp3) is 0.133. The summed E-state index contributed by atoms with van der Waals surface area (Å²) in [6.45, 7) is 0.688. The quantitative estimate of drug-likeness (QED) is 0.741. The van der Waals surface area contributed by atoms with Crippen molar-refractivity contribution in [2.24, 2.45) is 0 Å². The highest BCUT2D eigenvalue weighted by Crippen LogP contribution is 2.24. The van der Waals surface area contributed by atoms with Gasteiger partial charge in [-0.3, -0.25) is 5.32 Å². The molecule has 0 fully saturated rings. The van der Waals surface area contributed by atoms with E-state index in [1.807, 2.05) is 36.4 Å². The van der Waals surface area contributed by atoms with Crippen molar-refractivity contribution in [3.05, 3.63) is 57.0 Å². The van der Waals surface area contributed by atoms with Crippen LogP contribution < -0.4 is 10.6 Å². The monoisotopic (exact) mass is 412 g/mol. The molecular formula is C15H14Br2N2O2. The van der Waals surface area contributed by atoms with Crippen LogP contribution >= 0.6 is 31.9 Å². The minimum atomic E-state index is -0.482. The fourth-order valence-corrected chi connectivity index (χ4v) is 2.40. The van der Waals surface area contributed by atoms with Crippen molar-refractivity contribution in [2.45, 2.75) is 6.54 Å². The highest BCUT2D eigenvalue weighted by atomic mass is 79.9. The summed E-state index contributed by atoms with van der Waals surface area (Å²) in [6, 6.07) is 13.5. The zero-order valence-electron chi connectivity index (χ0n) is 11.3. The van der Waals surface area contributed by atoms with Gasteiger partial charge in [0.25, 0.3) is 0 Å². The van der Waals surface area contributed by atoms with Crippen LogP contribution in [0.3, 0.4) is 0 Å². The molecule has 0 radical (unpaired) electrons. The molecule has 0 aliphatic carbocycles. The van der Waals surface area contributed by atoms with Gasteiger partial charge in [-0.1, -0.05) is 12.1 Å². The number of hydrogen-bond acceptors (Lipinski definition) is 3. The summed E-state index contributed by atoms with van der Waals surface area (Å²) in [7, 11) is 1.34. The molecule has 2 N–H and O–H groups in total. The largest absolute Gasteiger partial charge is 0.453 e. The van der Waals surface area contributed by atoms with Gasteiger partial charge in [-0.05, 0) is 67.8 Å². The number of ether oxygens (including phenoxy) is 1. The average Bonchev–Trinajstić information content (AvgIpc) is 2.49. The summed E-state index contributed by atoms with van der Waals surface area (Å²) in [4.78, 5) is 11.2. The predicted octanol–water partition coefficient (Wildman–Crippen LogP) is 5.00. The highest BCUT2D eigenvalue weighted by Gasteiger charge is 2.02. The van der Waals surface area contributed by atoms with Gasteiger partial charge < -0.3 is 10.1 Å². The fourth-order valence-electron chi connectivity index (χ4n) is 1.73. The molecule has 0 saturated heterocycles. The molecule has 0 aliphatic rings. The molecule has 0 aromatic heterocycles. The second kappa shape index (κ2) is 7.47. The Kier molecular flexibility index (Phi) is 5.64. The van der Waals surface area contributed by atoms with Crippen LogP contribution in [0.25, 0.3) is 0 Å². The number of halogens is 2. The van der Waals surface area contributed by atoms with Crippen LogP contribution in [0.2, 0.25) is 0 Å². The number of nitrogens with one attached hydrogen (secondary N) is 2. The molecule has 1 amide bonds. The van der Waals surface area contributed by atoms with E-state index in [2.05, 4.69) is 47.2 Å². The molecule has 0 unspecified atom stereocenters. The molecule has 21 heavy (non-hydrogen) atoms. The van der Waals surface area contributed by atoms with E-state index in [1.165, 1.54) is 7.11 Å². The van der Waals surface area contributed by atoms with E-state index in [9.17, 15) is 4.79 Å². The summed E-state index contributed by atoms with van der Waals surface area (Å²) in [5.74, 6) is 0. The normalized spacial score (nSPS) is 10.0. The Morgan fingerprint density at radius 3 is 2.57 bits per heavy atom. The number of methoxy groups -OCH3 is 1. The topological polar surface area (TPSA) is 50.4 Å². The van der Waals surface area contributed by atoms with E-state index in [0.717, 1.165) is 20.2 Å². The SMILES string of the molecule is COC(=O)Nc1cccc(NCc2ccc(Br)c(Br)c2)c1. The molecule has 110 valence electrons. The summed E-state index contributed by atoms with van der Waals surface area (Å²) in [6.07, 6.45) is -0.482. The highest BCUT2D eigenvalue weighted by molar-refractivity contribution is 9.13. The van der Waals surface area contributed by atoms with Crippen LogP contribution in [-0.2, 0) is 11.3 Å². The zero-order valence-corrected chi connectivity index (χ0v) is 14.5. The molecule has 0 heterocycles. The van der Waals surface area contributed by atoms with E-state index in [0.29, 0.717) is 12.2 Å². The molecule has 6 heteroatoms. The van der Waals surface area contributed by atoms with Gasteiger partial charge in [-0.2, -0.15) is 0 Å². The smallest absolute Gasteiger partial charge is 0.411 e. The van der Waals surface area contributed by atoms with Gasteiger partial charge in [0.05, 0.1) is 7.11 Å². The van der Waals surface area contributed by atoms with Crippen molar-refractivity contribution < 1.29 is 9.53 Å². The van der Waals surface area contributed by atoms with Gasteiger partial charge in [0.1, 0.15) is 0 Å². The maximum Gasteiger partial charge on any atom is 0.411 e. The lowest BCUT2D eigenvalue weighted by atomic mass is 10.2. The van der Waals surface area contributed by atoms with Crippen molar-refractivity contribution in [1.82, 2.24) is 0 Å². The summed E-state index contributed by atoms with van der Waals surface area (Å²) in [5, 5.41) is 5.94. The number of anilines is 2. The third kappa shape index (κ3) is 4.75. The van der Waals surface area contributed by atoms with Crippen molar-refractivity contribution >= 4 is 49.3 Å². The molecule has 2 rings (SSSR count). The third-order valence-corrected chi connectivity index (χ3v) is 4.65. The van der Waals surface area contributed by atoms with Gasteiger partial charge in [0.15, 0.2) is 0 Å². The molecule has 4 nitrogen and oxygen atoms in total. The van der Waals surface area contributed by atoms with Crippen molar-refractivity contribution in [2.75, 3.05) is 17.7 Å². The molecule has 0 spiro atoms. The Morgan fingerprint density at radius 2 is 1.86 bits per heavy atom. The van der Waals surface area contributed by atoms with Crippen molar-refractivity contribution in [3.8, 4) is 0 Å². The lowest BCUT2D eigenvalue weighted by Crippen LogP contribution is -2.11. The Bertz CT molecular complexity index is 647. The molecule has 0 saturated carbocycles. The Balaban J connectivity index is 2.01. The van der Waals surface area contributed by atoms with Crippen LogP contribution in [0.15, 0.2) is 51.4 Å². The molecule has 0 atom stereocenters.